The topological polar surface area (TPSA) is 92.4 Å². The van der Waals surface area contributed by atoms with Crippen molar-refractivity contribution in [2.45, 2.75) is 38.3 Å². The number of aromatic nitrogens is 2. The average molecular weight is 289 g/mol. The summed E-state index contributed by atoms with van der Waals surface area (Å²) >= 11 is 0. The predicted molar refractivity (Wildman–Crippen MR) is 69.0 cm³/mol. The van der Waals surface area contributed by atoms with Gasteiger partial charge in [0.2, 0.25) is 0 Å². The lowest BCUT2D eigenvalue weighted by molar-refractivity contribution is -0.141. The fourth-order valence-electron chi connectivity index (χ4n) is 1.52. The molecule has 1 aromatic heterocycles. The van der Waals surface area contributed by atoms with Crippen LogP contribution >= 0.6 is 0 Å². The van der Waals surface area contributed by atoms with Crippen molar-refractivity contribution in [3.05, 3.63) is 12.0 Å². The van der Waals surface area contributed by atoms with E-state index in [1.807, 2.05) is 6.92 Å². The van der Waals surface area contributed by atoms with Crippen molar-refractivity contribution >= 4 is 16.0 Å². The molecule has 0 aliphatic carbocycles. The van der Waals surface area contributed by atoms with Crippen molar-refractivity contribution in [3.63, 3.8) is 0 Å². The molecular formula is C11H19N3O4S. The molecule has 0 saturated carbocycles. The maximum atomic E-state index is 12.4. The largest absolute Gasteiger partial charge is 0.468 e. The summed E-state index contributed by atoms with van der Waals surface area (Å²) in [5.41, 5.74) is 0. The van der Waals surface area contributed by atoms with Crippen LogP contribution in [0.25, 0.3) is 0 Å². The van der Waals surface area contributed by atoms with Crippen molar-refractivity contribution in [3.8, 4) is 0 Å². The summed E-state index contributed by atoms with van der Waals surface area (Å²) in [5, 5.41) is -0.0121. The van der Waals surface area contributed by atoms with E-state index in [1.54, 1.807) is 13.8 Å². The molecule has 7 nitrogen and oxygen atoms in total. The van der Waals surface area contributed by atoms with E-state index in [0.717, 1.165) is 4.31 Å². The maximum Gasteiger partial charge on any atom is 0.321 e. The predicted octanol–water partition coefficient (Wildman–Crippen LogP) is 0.544. The Kier molecular flexibility index (Phi) is 5.07. The molecule has 0 amide bonds. The van der Waals surface area contributed by atoms with Crippen LogP contribution in [0.15, 0.2) is 11.2 Å². The summed E-state index contributed by atoms with van der Waals surface area (Å²) in [4.78, 5) is 18.0. The van der Waals surface area contributed by atoms with Crippen LogP contribution in [0.1, 0.15) is 26.6 Å². The number of sulfonamides is 1. The molecule has 1 heterocycles. The van der Waals surface area contributed by atoms with Gasteiger partial charge in [0.05, 0.1) is 13.3 Å². The van der Waals surface area contributed by atoms with Crippen LogP contribution in [0.5, 0.6) is 0 Å². The maximum absolute atomic E-state index is 12.4. The smallest absolute Gasteiger partial charge is 0.321 e. The number of hydrogen-bond donors (Lipinski definition) is 1. The van der Waals surface area contributed by atoms with Crippen molar-refractivity contribution in [2.24, 2.45) is 0 Å². The number of nitrogens with zero attached hydrogens (tertiary/aromatic N) is 2. The van der Waals surface area contributed by atoms with E-state index < -0.39 is 16.0 Å². The standard InChI is InChI=1S/C11H19N3O4S/c1-5-9-12-6-10(13-9)19(16,17)14(8(2)3)7-11(15)18-4/h6,8H,5,7H2,1-4H3,(H,12,13). The lowest BCUT2D eigenvalue weighted by Gasteiger charge is -2.23. The number of carbonyl (C=O) groups excluding carboxylic acids is 1. The van der Waals surface area contributed by atoms with E-state index in [9.17, 15) is 13.2 Å². The molecule has 0 aliphatic rings. The molecule has 0 spiro atoms. The summed E-state index contributed by atoms with van der Waals surface area (Å²) in [6.45, 7) is 4.93. The minimum absolute atomic E-state index is 0.0121. The van der Waals surface area contributed by atoms with Gasteiger partial charge in [0, 0.05) is 12.5 Å². The van der Waals surface area contributed by atoms with Gasteiger partial charge in [-0.25, -0.2) is 13.4 Å². The number of esters is 1. The number of imidazole rings is 1. The number of carbonyl (C=O) groups is 1. The van der Waals surface area contributed by atoms with Gasteiger partial charge in [-0.05, 0) is 13.8 Å². The first-order chi connectivity index (χ1) is 8.82. The first-order valence-electron chi connectivity index (χ1n) is 5.95. The van der Waals surface area contributed by atoms with Crippen LogP contribution in [-0.4, -0.2) is 48.4 Å². The lowest BCUT2D eigenvalue weighted by atomic mass is 10.4. The number of ether oxygens (including phenoxy) is 1. The Morgan fingerprint density at radius 1 is 1.53 bits per heavy atom. The lowest BCUT2D eigenvalue weighted by Crippen LogP contribution is -2.41. The number of H-pyrrole nitrogens is 1. The number of nitrogens with one attached hydrogen (secondary N) is 1. The Morgan fingerprint density at radius 2 is 2.16 bits per heavy atom. The van der Waals surface area contributed by atoms with Gasteiger partial charge >= 0.3 is 5.97 Å². The van der Waals surface area contributed by atoms with Gasteiger partial charge in [-0.15, -0.1) is 0 Å². The van der Waals surface area contributed by atoms with Crippen LogP contribution in [0.2, 0.25) is 0 Å². The summed E-state index contributed by atoms with van der Waals surface area (Å²) in [6, 6.07) is -0.363. The Balaban J connectivity index is 3.09. The molecule has 108 valence electrons. The van der Waals surface area contributed by atoms with E-state index >= 15 is 0 Å². The molecule has 1 aromatic rings. The third-order valence-electron chi connectivity index (χ3n) is 2.62. The number of aryl methyl sites for hydroxylation is 1. The monoisotopic (exact) mass is 289 g/mol. The molecule has 19 heavy (non-hydrogen) atoms. The highest BCUT2D eigenvalue weighted by Gasteiger charge is 2.30. The minimum Gasteiger partial charge on any atom is -0.468 e. The second-order valence-corrected chi connectivity index (χ2v) is 6.13. The van der Waals surface area contributed by atoms with Gasteiger partial charge in [-0.2, -0.15) is 4.31 Å². The third kappa shape index (κ3) is 3.54. The zero-order valence-corrected chi connectivity index (χ0v) is 12.3. The van der Waals surface area contributed by atoms with Gasteiger partial charge in [0.1, 0.15) is 12.4 Å². The normalized spacial score (nSPS) is 12.1. The van der Waals surface area contributed by atoms with Crippen LogP contribution < -0.4 is 0 Å². The van der Waals surface area contributed by atoms with Crippen molar-refractivity contribution in [2.75, 3.05) is 13.7 Å². The van der Waals surface area contributed by atoms with E-state index in [-0.39, 0.29) is 17.6 Å². The van der Waals surface area contributed by atoms with Crippen LogP contribution in [0, 0.1) is 0 Å². The molecule has 0 bridgehead atoms. The molecule has 0 radical (unpaired) electrons. The Hall–Kier alpha value is -1.41. The summed E-state index contributed by atoms with van der Waals surface area (Å²) in [6.07, 6.45) is 1.87. The molecule has 0 fully saturated rings. The molecule has 0 saturated heterocycles. The van der Waals surface area contributed by atoms with Crippen molar-refractivity contribution in [1.29, 1.82) is 0 Å². The van der Waals surface area contributed by atoms with Crippen LogP contribution in [0.3, 0.4) is 0 Å². The Labute approximate surface area is 113 Å². The average Bonchev–Trinajstić information content (AvgIpc) is 2.84. The molecule has 0 unspecified atom stereocenters. The van der Waals surface area contributed by atoms with E-state index in [1.165, 1.54) is 13.3 Å². The molecular weight excluding hydrogens is 270 g/mol. The molecule has 0 atom stereocenters. The highest BCUT2D eigenvalue weighted by atomic mass is 32.2. The minimum atomic E-state index is -3.78. The fraction of sp³-hybridized carbons (Fsp3) is 0.636. The molecule has 8 heteroatoms. The third-order valence-corrected chi connectivity index (χ3v) is 4.55. The number of rotatable bonds is 6. The fourth-order valence-corrected chi connectivity index (χ4v) is 3.03. The zero-order chi connectivity index (χ0) is 14.6. The quantitative estimate of drug-likeness (QED) is 0.772. The van der Waals surface area contributed by atoms with Crippen LogP contribution in [-0.2, 0) is 26.0 Å². The highest BCUT2D eigenvalue weighted by molar-refractivity contribution is 7.89. The number of aromatic amines is 1. The molecule has 0 aliphatic heterocycles. The first kappa shape index (κ1) is 15.6. The van der Waals surface area contributed by atoms with E-state index in [2.05, 4.69) is 14.7 Å². The van der Waals surface area contributed by atoms with Crippen molar-refractivity contribution in [1.82, 2.24) is 14.3 Å². The van der Waals surface area contributed by atoms with E-state index in [4.69, 9.17) is 0 Å². The van der Waals surface area contributed by atoms with Crippen LogP contribution in [0.4, 0.5) is 0 Å². The first-order valence-corrected chi connectivity index (χ1v) is 7.39. The molecule has 0 aromatic carbocycles. The Bertz CT molecular complexity index is 536. The summed E-state index contributed by atoms with van der Waals surface area (Å²) in [7, 11) is -2.56. The SMILES string of the molecule is CCc1ncc(S(=O)(=O)N(CC(=O)OC)C(C)C)[nH]1. The zero-order valence-electron chi connectivity index (χ0n) is 11.5. The second kappa shape index (κ2) is 6.16. The van der Waals surface area contributed by atoms with E-state index in [0.29, 0.717) is 12.2 Å². The van der Waals surface area contributed by atoms with Gasteiger partial charge in [0.15, 0.2) is 5.03 Å². The summed E-state index contributed by atoms with van der Waals surface area (Å²) in [5.74, 6) is -0.0205. The van der Waals surface area contributed by atoms with Gasteiger partial charge in [0.25, 0.3) is 10.0 Å². The second-order valence-electron chi connectivity index (χ2n) is 4.27. The summed E-state index contributed by atoms with van der Waals surface area (Å²) < 4.78 is 30.4. The van der Waals surface area contributed by atoms with Crippen molar-refractivity contribution < 1.29 is 17.9 Å². The number of hydrogen-bond acceptors (Lipinski definition) is 5. The molecule has 1 rings (SSSR count). The molecule has 1 N–H and O–H groups in total. The van der Waals surface area contributed by atoms with Gasteiger partial charge in [-0.1, -0.05) is 6.92 Å². The van der Waals surface area contributed by atoms with Gasteiger partial charge in [-0.3, -0.25) is 4.79 Å². The number of methoxy groups -OCH3 is 1. The highest BCUT2D eigenvalue weighted by Crippen LogP contribution is 2.16. The van der Waals surface area contributed by atoms with Gasteiger partial charge < -0.3 is 9.72 Å². The Morgan fingerprint density at radius 3 is 2.58 bits per heavy atom.